The first-order valence-corrected chi connectivity index (χ1v) is 10.5. The van der Waals surface area contributed by atoms with Gasteiger partial charge in [0.25, 0.3) is 0 Å². The predicted octanol–water partition coefficient (Wildman–Crippen LogP) is 0.954. The number of aromatic nitrogens is 2. The van der Waals surface area contributed by atoms with Crippen LogP contribution in [0, 0.1) is 6.92 Å². The van der Waals surface area contributed by atoms with Gasteiger partial charge in [-0.2, -0.15) is 5.10 Å². The van der Waals surface area contributed by atoms with Crippen molar-refractivity contribution in [3.63, 3.8) is 0 Å². The number of nitrogens with zero attached hydrogens (tertiary/aromatic N) is 3. The number of rotatable bonds is 6. The van der Waals surface area contributed by atoms with Crippen LogP contribution in [0.3, 0.4) is 0 Å². The normalized spacial score (nSPS) is 25.0. The van der Waals surface area contributed by atoms with E-state index in [0.29, 0.717) is 12.3 Å². The van der Waals surface area contributed by atoms with E-state index in [1.54, 1.807) is 0 Å². The number of likely N-dealkylation sites (tertiary alicyclic amines) is 1. The minimum Gasteiger partial charge on any atom is -0.309 e. The summed E-state index contributed by atoms with van der Waals surface area (Å²) in [5.74, 6) is 0.591. The number of hydrogen-bond donors (Lipinski definition) is 1. The molecule has 7 heteroatoms. The van der Waals surface area contributed by atoms with Gasteiger partial charge in [0, 0.05) is 30.4 Å². The molecule has 2 aliphatic rings. The molecule has 23 heavy (non-hydrogen) atoms. The maximum atomic E-state index is 11.5. The zero-order valence-corrected chi connectivity index (χ0v) is 14.8. The SMILES string of the molecule is Cc1c(CNC2CCS(=O)(=O)C2)cnn1CCN1CCCCC1. The van der Waals surface area contributed by atoms with Crippen molar-refractivity contribution in [2.75, 3.05) is 31.1 Å². The summed E-state index contributed by atoms with van der Waals surface area (Å²) in [4.78, 5) is 2.52. The van der Waals surface area contributed by atoms with Crippen LogP contribution in [0.25, 0.3) is 0 Å². The molecule has 0 saturated carbocycles. The summed E-state index contributed by atoms with van der Waals surface area (Å²) in [5, 5.41) is 7.88. The summed E-state index contributed by atoms with van der Waals surface area (Å²) < 4.78 is 25.1. The van der Waals surface area contributed by atoms with Crippen molar-refractivity contribution in [3.05, 3.63) is 17.5 Å². The smallest absolute Gasteiger partial charge is 0.151 e. The summed E-state index contributed by atoms with van der Waals surface area (Å²) in [6, 6.07) is 0.0936. The Morgan fingerprint density at radius 2 is 2.04 bits per heavy atom. The van der Waals surface area contributed by atoms with E-state index in [1.165, 1.54) is 43.6 Å². The summed E-state index contributed by atoms with van der Waals surface area (Å²) in [5.41, 5.74) is 2.36. The van der Waals surface area contributed by atoms with E-state index in [0.717, 1.165) is 19.5 Å². The second kappa shape index (κ2) is 7.32. The first kappa shape index (κ1) is 16.9. The molecule has 3 heterocycles. The molecule has 1 N–H and O–H groups in total. The van der Waals surface area contributed by atoms with Gasteiger partial charge in [0.1, 0.15) is 0 Å². The van der Waals surface area contributed by atoms with Crippen molar-refractivity contribution in [1.82, 2.24) is 20.0 Å². The maximum absolute atomic E-state index is 11.5. The standard InChI is InChI=1S/C16H28N4O2S/c1-14-15(11-17-16-5-10-23(21,22)13-16)12-18-20(14)9-8-19-6-3-2-4-7-19/h12,16-17H,2-11,13H2,1H3. The van der Waals surface area contributed by atoms with Crippen molar-refractivity contribution in [2.45, 2.75) is 51.7 Å². The quantitative estimate of drug-likeness (QED) is 0.835. The van der Waals surface area contributed by atoms with Gasteiger partial charge in [0.15, 0.2) is 9.84 Å². The lowest BCUT2D eigenvalue weighted by Crippen LogP contribution is -2.33. The van der Waals surface area contributed by atoms with E-state index in [4.69, 9.17) is 0 Å². The van der Waals surface area contributed by atoms with Gasteiger partial charge in [-0.3, -0.25) is 4.68 Å². The number of piperidine rings is 1. The molecule has 2 fully saturated rings. The van der Waals surface area contributed by atoms with Crippen LogP contribution in [-0.2, 0) is 22.9 Å². The fraction of sp³-hybridized carbons (Fsp3) is 0.812. The minimum atomic E-state index is -2.81. The highest BCUT2D eigenvalue weighted by Gasteiger charge is 2.27. The van der Waals surface area contributed by atoms with E-state index in [-0.39, 0.29) is 11.8 Å². The summed E-state index contributed by atoms with van der Waals surface area (Å²) in [6.07, 6.45) is 6.64. The van der Waals surface area contributed by atoms with E-state index >= 15 is 0 Å². The lowest BCUT2D eigenvalue weighted by molar-refractivity contribution is 0.217. The molecular weight excluding hydrogens is 312 g/mol. The first-order valence-electron chi connectivity index (χ1n) is 8.71. The highest BCUT2D eigenvalue weighted by Crippen LogP contribution is 2.14. The van der Waals surface area contributed by atoms with Gasteiger partial charge in [0.2, 0.25) is 0 Å². The predicted molar refractivity (Wildman–Crippen MR) is 91.2 cm³/mol. The minimum absolute atomic E-state index is 0.0936. The fourth-order valence-corrected chi connectivity index (χ4v) is 5.22. The van der Waals surface area contributed by atoms with E-state index in [2.05, 4.69) is 26.9 Å². The van der Waals surface area contributed by atoms with Gasteiger partial charge >= 0.3 is 0 Å². The zero-order valence-electron chi connectivity index (χ0n) is 14.0. The van der Waals surface area contributed by atoms with Crippen molar-refractivity contribution < 1.29 is 8.42 Å². The Kier molecular flexibility index (Phi) is 5.38. The maximum Gasteiger partial charge on any atom is 0.151 e. The van der Waals surface area contributed by atoms with E-state index in [9.17, 15) is 8.42 Å². The molecular formula is C16H28N4O2S. The molecule has 0 aromatic carbocycles. The number of sulfone groups is 1. The van der Waals surface area contributed by atoms with Crippen molar-refractivity contribution in [3.8, 4) is 0 Å². The van der Waals surface area contributed by atoms with Crippen LogP contribution in [0.1, 0.15) is 36.9 Å². The molecule has 1 atom stereocenters. The second-order valence-electron chi connectivity index (χ2n) is 6.86. The molecule has 3 rings (SSSR count). The third-order valence-electron chi connectivity index (χ3n) is 5.10. The van der Waals surface area contributed by atoms with Gasteiger partial charge in [-0.05, 0) is 39.3 Å². The molecule has 2 aliphatic heterocycles. The Morgan fingerprint density at radius 3 is 2.74 bits per heavy atom. The van der Waals surface area contributed by atoms with Gasteiger partial charge in [0.05, 0.1) is 24.2 Å². The molecule has 130 valence electrons. The van der Waals surface area contributed by atoms with Crippen molar-refractivity contribution >= 4 is 9.84 Å². The van der Waals surface area contributed by atoms with Crippen LogP contribution in [-0.4, -0.2) is 60.3 Å². The van der Waals surface area contributed by atoms with Crippen LogP contribution in [0.2, 0.25) is 0 Å². The zero-order chi connectivity index (χ0) is 16.3. The Bertz CT molecular complexity index is 620. The van der Waals surface area contributed by atoms with E-state index < -0.39 is 9.84 Å². The molecule has 0 amide bonds. The monoisotopic (exact) mass is 340 g/mol. The molecule has 0 aliphatic carbocycles. The second-order valence-corrected chi connectivity index (χ2v) is 9.09. The molecule has 0 spiro atoms. The van der Waals surface area contributed by atoms with E-state index in [1.807, 2.05) is 6.20 Å². The van der Waals surface area contributed by atoms with Gasteiger partial charge in [-0.15, -0.1) is 0 Å². The summed E-state index contributed by atoms with van der Waals surface area (Å²) in [7, 11) is -2.81. The molecule has 0 radical (unpaired) electrons. The van der Waals surface area contributed by atoms with Crippen molar-refractivity contribution in [2.24, 2.45) is 0 Å². The topological polar surface area (TPSA) is 67.2 Å². The summed E-state index contributed by atoms with van der Waals surface area (Å²) in [6.45, 7) is 7.23. The largest absolute Gasteiger partial charge is 0.309 e. The number of hydrogen-bond acceptors (Lipinski definition) is 5. The van der Waals surface area contributed by atoms with Crippen molar-refractivity contribution in [1.29, 1.82) is 0 Å². The molecule has 1 aromatic heterocycles. The average molecular weight is 340 g/mol. The molecule has 1 aromatic rings. The lowest BCUT2D eigenvalue weighted by atomic mass is 10.1. The third kappa shape index (κ3) is 4.55. The number of nitrogens with one attached hydrogen (secondary N) is 1. The summed E-state index contributed by atoms with van der Waals surface area (Å²) >= 11 is 0. The third-order valence-corrected chi connectivity index (χ3v) is 6.86. The van der Waals surface area contributed by atoms with Gasteiger partial charge < -0.3 is 10.2 Å². The fourth-order valence-electron chi connectivity index (χ4n) is 3.51. The van der Waals surface area contributed by atoms with Crippen LogP contribution >= 0.6 is 0 Å². The van der Waals surface area contributed by atoms with Crippen LogP contribution < -0.4 is 5.32 Å². The Hall–Kier alpha value is -0.920. The highest BCUT2D eigenvalue weighted by molar-refractivity contribution is 7.91. The van der Waals surface area contributed by atoms with Crippen LogP contribution in [0.15, 0.2) is 6.20 Å². The van der Waals surface area contributed by atoms with Gasteiger partial charge in [-0.1, -0.05) is 6.42 Å². The average Bonchev–Trinajstić information content (AvgIpc) is 3.07. The first-order chi connectivity index (χ1) is 11.0. The lowest BCUT2D eigenvalue weighted by Gasteiger charge is -2.26. The van der Waals surface area contributed by atoms with Crippen LogP contribution in [0.4, 0.5) is 0 Å². The Labute approximate surface area is 139 Å². The Morgan fingerprint density at radius 1 is 1.26 bits per heavy atom. The molecule has 2 saturated heterocycles. The molecule has 0 bridgehead atoms. The highest BCUT2D eigenvalue weighted by atomic mass is 32.2. The molecule has 6 nitrogen and oxygen atoms in total. The Balaban J connectivity index is 1.48. The molecule has 1 unspecified atom stereocenters. The van der Waals surface area contributed by atoms with Crippen LogP contribution in [0.5, 0.6) is 0 Å². The van der Waals surface area contributed by atoms with Gasteiger partial charge in [-0.25, -0.2) is 8.42 Å².